The van der Waals surface area contributed by atoms with Crippen molar-refractivity contribution in [1.29, 1.82) is 0 Å². The number of ether oxygens (including phenoxy) is 5. The van der Waals surface area contributed by atoms with E-state index in [1.54, 1.807) is 20.8 Å². The van der Waals surface area contributed by atoms with Gasteiger partial charge in [0, 0.05) is 44.3 Å². The Balaban J connectivity index is 0.00000549. The Labute approximate surface area is 340 Å². The van der Waals surface area contributed by atoms with Gasteiger partial charge in [-0.3, -0.25) is 19.3 Å². The van der Waals surface area contributed by atoms with Crippen LogP contribution in [-0.4, -0.2) is 132 Å². The zero-order chi connectivity index (χ0) is 41.3. The van der Waals surface area contributed by atoms with E-state index in [-0.39, 0.29) is 44.1 Å². The van der Waals surface area contributed by atoms with Gasteiger partial charge >= 0.3 is 23.9 Å². The summed E-state index contributed by atoms with van der Waals surface area (Å²) in [6.45, 7) is 15.5. The monoisotopic (exact) mass is 829 g/mol. The fourth-order valence-electron chi connectivity index (χ4n) is 13.1. The van der Waals surface area contributed by atoms with Gasteiger partial charge in [0.15, 0.2) is 17.8 Å². The molecule has 0 radical (unpaired) electrons. The summed E-state index contributed by atoms with van der Waals surface area (Å²) in [6, 6.07) is -0.309. The standard InChI is InChI=1S/C41H63NO14.ClH/c1-10-20(4)34(46)55-33-28(45)27-23(18-42-17-19(3)12-13-25(42)38(27,9)49)24-16-39-32(40(24,33)50)30(53-22(6)44)29(52-21(5)43)31-36(39,7)15-14-26(41(31,51)56-39)54-35(47)37(8,48)11-2;/h19-20,23-33,45,48-51H,10-18H2,1-9H3;1H/t19-,20+,23-,24-,25-,26-,27+,28+,29-,30+,31-,32+,33-,36-,37-,38+,39+,40-,41+;/m0./s1. The Morgan fingerprint density at radius 1 is 0.930 bits per heavy atom. The lowest BCUT2D eigenvalue weighted by Crippen LogP contribution is -2.78. The van der Waals surface area contributed by atoms with E-state index in [4.69, 9.17) is 23.7 Å². The minimum atomic E-state index is -2.38. The van der Waals surface area contributed by atoms with Crippen LogP contribution in [-0.2, 0) is 42.9 Å². The van der Waals surface area contributed by atoms with Crippen molar-refractivity contribution in [3.63, 3.8) is 0 Å². The van der Waals surface area contributed by atoms with Crippen LogP contribution < -0.4 is 0 Å². The molecule has 7 rings (SSSR count). The molecular weight excluding hydrogens is 766 g/mol. The molecule has 7 aliphatic rings. The summed E-state index contributed by atoms with van der Waals surface area (Å²) in [5.74, 6) is -10.8. The second-order valence-corrected chi connectivity index (χ2v) is 19.2. The summed E-state index contributed by atoms with van der Waals surface area (Å²) >= 11 is 0. The van der Waals surface area contributed by atoms with Gasteiger partial charge in [0.05, 0.1) is 35.1 Å². The van der Waals surface area contributed by atoms with Crippen molar-refractivity contribution in [2.75, 3.05) is 13.1 Å². The first-order chi connectivity index (χ1) is 26.0. The van der Waals surface area contributed by atoms with Crippen molar-refractivity contribution in [2.24, 2.45) is 46.8 Å². The first-order valence-electron chi connectivity index (χ1n) is 20.7. The quantitative estimate of drug-likeness (QED) is 0.175. The van der Waals surface area contributed by atoms with Gasteiger partial charge < -0.3 is 49.2 Å². The normalized spacial score (nSPS) is 49.6. The third-order valence-electron chi connectivity index (χ3n) is 16.0. The molecule has 5 N–H and O–H groups in total. The fourth-order valence-corrected chi connectivity index (χ4v) is 13.1. The van der Waals surface area contributed by atoms with Crippen molar-refractivity contribution in [2.45, 2.75) is 172 Å². The molecule has 15 nitrogen and oxygen atoms in total. The van der Waals surface area contributed by atoms with Gasteiger partial charge in [-0.1, -0.05) is 34.6 Å². The number of hydrogen-bond donors (Lipinski definition) is 5. The number of aliphatic hydroxyl groups excluding tert-OH is 1. The lowest BCUT2D eigenvalue weighted by atomic mass is 9.48. The highest BCUT2D eigenvalue weighted by Gasteiger charge is 2.90. The SMILES string of the molecule is CC[C@@H](C)C(=O)O[C@H]1[C@H](O)[C@H]2[C@@H](CN3C[C@@H](C)CC[C@H]3[C@@]2(C)O)[C@@H]2C[C@]34O[C@]5(O)[C@@H](OC(=O)[C@@](C)(O)CC)CC[C@@]3(C)[C@@H]5[C@@H](OC(C)=O)[C@@H](OC(C)=O)[C@H]4[C@@]21O.Cl. The van der Waals surface area contributed by atoms with Gasteiger partial charge in [0.1, 0.15) is 17.8 Å². The van der Waals surface area contributed by atoms with Crippen LogP contribution >= 0.6 is 12.4 Å². The third kappa shape index (κ3) is 6.13. The van der Waals surface area contributed by atoms with Crippen LogP contribution in [0.25, 0.3) is 0 Å². The second-order valence-electron chi connectivity index (χ2n) is 19.2. The van der Waals surface area contributed by atoms with Gasteiger partial charge in [-0.2, -0.15) is 0 Å². The molecule has 0 aromatic rings. The minimum absolute atomic E-state index is 0. The number of hydrogen-bond acceptors (Lipinski definition) is 15. The number of fused-ring (bicyclic) bond motifs is 5. The number of halogens is 1. The van der Waals surface area contributed by atoms with Crippen LogP contribution in [0.1, 0.15) is 107 Å². The predicted molar refractivity (Wildman–Crippen MR) is 202 cm³/mol. The largest absolute Gasteiger partial charge is 0.458 e. The van der Waals surface area contributed by atoms with Crippen molar-refractivity contribution in [3.8, 4) is 0 Å². The van der Waals surface area contributed by atoms with Crippen molar-refractivity contribution < 1.29 is 68.4 Å². The molecule has 0 amide bonds. The van der Waals surface area contributed by atoms with Gasteiger partial charge in [-0.25, -0.2) is 4.79 Å². The Morgan fingerprint density at radius 2 is 1.54 bits per heavy atom. The van der Waals surface area contributed by atoms with Crippen molar-refractivity contribution >= 4 is 36.3 Å². The van der Waals surface area contributed by atoms with Gasteiger partial charge in [-0.15, -0.1) is 12.4 Å². The molecule has 57 heavy (non-hydrogen) atoms. The molecule has 4 bridgehead atoms. The average Bonchev–Trinajstić information content (AvgIpc) is 3.40. The molecule has 3 aliphatic heterocycles. The van der Waals surface area contributed by atoms with Gasteiger partial charge in [0.2, 0.25) is 5.79 Å². The van der Waals surface area contributed by atoms with E-state index in [1.165, 1.54) is 20.8 Å². The Morgan fingerprint density at radius 3 is 2.12 bits per heavy atom. The number of esters is 4. The molecular formula is C41H64ClNO14. The van der Waals surface area contributed by atoms with Crippen molar-refractivity contribution in [3.05, 3.63) is 0 Å². The zero-order valence-electron chi connectivity index (χ0n) is 34.6. The van der Waals surface area contributed by atoms with E-state index >= 15 is 0 Å². The van der Waals surface area contributed by atoms with Crippen LogP contribution in [0.4, 0.5) is 0 Å². The molecule has 324 valence electrons. The van der Waals surface area contributed by atoms with E-state index in [9.17, 15) is 44.7 Å². The molecule has 16 heteroatoms. The second kappa shape index (κ2) is 14.5. The molecule has 0 aromatic heterocycles. The van der Waals surface area contributed by atoms with Crippen LogP contribution in [0, 0.1) is 46.8 Å². The molecule has 4 saturated carbocycles. The number of carbonyl (C=O) groups excluding carboxylic acids is 4. The molecule has 3 saturated heterocycles. The molecule has 0 unspecified atom stereocenters. The average molecular weight is 830 g/mol. The zero-order valence-corrected chi connectivity index (χ0v) is 35.5. The Hall–Kier alpha value is -2.11. The first-order valence-corrected chi connectivity index (χ1v) is 20.7. The fraction of sp³-hybridized carbons (Fsp3) is 0.902. The first kappa shape index (κ1) is 44.4. The van der Waals surface area contributed by atoms with E-state index in [2.05, 4.69) is 11.8 Å². The molecule has 4 aliphatic carbocycles. The smallest absolute Gasteiger partial charge is 0.338 e. The summed E-state index contributed by atoms with van der Waals surface area (Å²) in [6.07, 6.45) is -5.31. The van der Waals surface area contributed by atoms with Crippen LogP contribution in [0.2, 0.25) is 0 Å². The maximum absolute atomic E-state index is 13.9. The molecule has 19 atom stereocenters. The number of rotatable bonds is 8. The molecule has 7 fully saturated rings. The summed E-state index contributed by atoms with van der Waals surface area (Å²) in [4.78, 5) is 55.6. The van der Waals surface area contributed by atoms with Crippen LogP contribution in [0.3, 0.4) is 0 Å². The van der Waals surface area contributed by atoms with Crippen LogP contribution in [0.15, 0.2) is 0 Å². The summed E-state index contributed by atoms with van der Waals surface area (Å²) in [5.41, 5.74) is -8.37. The number of piperidine rings is 2. The number of aliphatic hydroxyl groups is 5. The van der Waals surface area contributed by atoms with E-state index in [0.717, 1.165) is 6.42 Å². The van der Waals surface area contributed by atoms with Crippen molar-refractivity contribution in [1.82, 2.24) is 4.90 Å². The highest BCUT2D eigenvalue weighted by Crippen LogP contribution is 2.78. The van der Waals surface area contributed by atoms with Crippen LogP contribution in [0.5, 0.6) is 0 Å². The van der Waals surface area contributed by atoms with Gasteiger partial charge in [0.25, 0.3) is 0 Å². The summed E-state index contributed by atoms with van der Waals surface area (Å²) in [7, 11) is 0. The summed E-state index contributed by atoms with van der Waals surface area (Å²) in [5, 5.41) is 62.9. The lowest BCUT2D eigenvalue weighted by molar-refractivity contribution is -0.301. The predicted octanol–water partition coefficient (Wildman–Crippen LogP) is 2.03. The molecule has 1 spiro atoms. The number of carbonyl (C=O) groups is 4. The highest BCUT2D eigenvalue weighted by molar-refractivity contribution is 5.85. The Bertz CT molecular complexity index is 1630. The highest BCUT2D eigenvalue weighted by atomic mass is 35.5. The summed E-state index contributed by atoms with van der Waals surface area (Å²) < 4.78 is 31.3. The Kier molecular flexibility index (Phi) is 11.3. The minimum Gasteiger partial charge on any atom is -0.458 e. The maximum Gasteiger partial charge on any atom is 0.338 e. The third-order valence-corrected chi connectivity index (χ3v) is 16.0. The maximum atomic E-state index is 13.9. The molecule has 3 heterocycles. The van der Waals surface area contributed by atoms with E-state index in [1.807, 2.05) is 13.8 Å². The van der Waals surface area contributed by atoms with E-state index in [0.29, 0.717) is 31.8 Å². The number of nitrogens with zero attached hydrogens (tertiary/aromatic N) is 1. The molecule has 0 aromatic carbocycles. The topological polar surface area (TPSA) is 219 Å². The van der Waals surface area contributed by atoms with E-state index < -0.39 is 124 Å². The lowest BCUT2D eigenvalue weighted by Gasteiger charge is -2.64. The van der Waals surface area contributed by atoms with Gasteiger partial charge in [-0.05, 0) is 76.5 Å².